The Balaban J connectivity index is 1.92. The van der Waals surface area contributed by atoms with Crippen molar-refractivity contribution in [2.45, 2.75) is 26.7 Å². The van der Waals surface area contributed by atoms with Crippen LogP contribution in [0.1, 0.15) is 36.2 Å². The number of sulfonamides is 1. The lowest BCUT2D eigenvalue weighted by molar-refractivity contribution is 0.101. The van der Waals surface area contributed by atoms with E-state index >= 15 is 0 Å². The number of pyridine rings is 1. The lowest BCUT2D eigenvalue weighted by atomic mass is 10.1. The molecule has 0 aliphatic rings. The van der Waals surface area contributed by atoms with Crippen molar-refractivity contribution in [3.8, 4) is 0 Å². The second-order valence-electron chi connectivity index (χ2n) is 6.45. The number of nitrogens with zero attached hydrogens (tertiary/aromatic N) is 1. The summed E-state index contributed by atoms with van der Waals surface area (Å²) in [5, 5.41) is 3.20. The average molecular weight is 422 g/mol. The van der Waals surface area contributed by atoms with E-state index < -0.39 is 38.8 Å². The second kappa shape index (κ2) is 8.16. The van der Waals surface area contributed by atoms with Crippen LogP contribution in [-0.2, 0) is 16.4 Å². The predicted molar refractivity (Wildman–Crippen MR) is 107 cm³/mol. The monoisotopic (exact) mass is 422 g/mol. The molecule has 0 atom stereocenters. The van der Waals surface area contributed by atoms with Gasteiger partial charge in [-0.2, -0.15) is 0 Å². The summed E-state index contributed by atoms with van der Waals surface area (Å²) >= 11 is 0. The lowest BCUT2D eigenvalue weighted by Crippen LogP contribution is -2.20. The quantitative estimate of drug-likeness (QED) is 0.539. The molecule has 0 radical (unpaired) electrons. The molecule has 0 aliphatic heterocycles. The van der Waals surface area contributed by atoms with E-state index in [1.54, 1.807) is 19.2 Å². The number of carbonyl (C=O) groups is 1. The number of carbonyl (C=O) groups excluding carboxylic acids is 1. The predicted octanol–water partition coefficient (Wildman–Crippen LogP) is 3.81. The highest BCUT2D eigenvalue weighted by molar-refractivity contribution is 7.92. The zero-order valence-corrected chi connectivity index (χ0v) is 16.7. The molecular weight excluding hydrogens is 402 g/mol. The molecule has 2 heterocycles. The summed E-state index contributed by atoms with van der Waals surface area (Å²) in [6.45, 7) is 3.61. The highest BCUT2D eigenvalue weighted by Gasteiger charge is 2.23. The van der Waals surface area contributed by atoms with E-state index in [0.29, 0.717) is 12.1 Å². The Morgan fingerprint density at radius 2 is 2.00 bits per heavy atom. The number of benzene rings is 1. The Bertz CT molecular complexity index is 1180. The lowest BCUT2D eigenvalue weighted by Gasteiger charge is -2.12. The topological polar surface area (TPSA) is 104 Å². The first-order valence-corrected chi connectivity index (χ1v) is 10.7. The highest BCUT2D eigenvalue weighted by atomic mass is 32.2. The van der Waals surface area contributed by atoms with Gasteiger partial charge in [0.1, 0.15) is 17.0 Å². The first kappa shape index (κ1) is 20.7. The van der Waals surface area contributed by atoms with Gasteiger partial charge in [0.15, 0.2) is 5.82 Å². The van der Waals surface area contributed by atoms with E-state index in [9.17, 15) is 22.0 Å². The molecule has 1 amide bonds. The molecule has 0 fully saturated rings. The van der Waals surface area contributed by atoms with Crippen LogP contribution in [0.5, 0.6) is 0 Å². The molecule has 0 unspecified atom stereocenters. The number of aromatic amines is 1. The number of hydrogen-bond acceptors (Lipinski definition) is 4. The molecule has 2 aromatic heterocycles. The summed E-state index contributed by atoms with van der Waals surface area (Å²) in [6.07, 6.45) is 4.22. The number of hydrogen-bond donors (Lipinski definition) is 3. The van der Waals surface area contributed by atoms with Gasteiger partial charge in [0.25, 0.3) is 5.91 Å². The van der Waals surface area contributed by atoms with E-state index in [0.717, 1.165) is 29.5 Å². The standard InChI is InChI=1S/C19H20F2N4O3S/c1-3-7-29(27,28)25-15-6-5-14(20)16(17(15)21)19(26)24-12-8-13-11(4-2)9-22-18(13)23-10-12/h5-6,8-10,25H,3-4,7H2,1-2H3,(H,22,23)(H,24,26). The fraction of sp³-hybridized carbons (Fsp3) is 0.263. The summed E-state index contributed by atoms with van der Waals surface area (Å²) in [7, 11) is -3.80. The largest absolute Gasteiger partial charge is 0.346 e. The van der Waals surface area contributed by atoms with E-state index in [4.69, 9.17) is 0 Å². The third-order valence-corrected chi connectivity index (χ3v) is 5.79. The van der Waals surface area contributed by atoms with Crippen LogP contribution in [0.15, 0.2) is 30.6 Å². The number of H-pyrrole nitrogens is 1. The molecule has 0 bridgehead atoms. The van der Waals surface area contributed by atoms with Gasteiger partial charge in [0.2, 0.25) is 10.0 Å². The summed E-state index contributed by atoms with van der Waals surface area (Å²) < 4.78 is 54.7. The number of halogens is 2. The van der Waals surface area contributed by atoms with Crippen molar-refractivity contribution >= 4 is 38.3 Å². The van der Waals surface area contributed by atoms with Crippen LogP contribution in [0.4, 0.5) is 20.2 Å². The van der Waals surface area contributed by atoms with E-state index in [2.05, 4.69) is 15.3 Å². The van der Waals surface area contributed by atoms with Gasteiger partial charge >= 0.3 is 0 Å². The zero-order valence-electron chi connectivity index (χ0n) is 15.8. The van der Waals surface area contributed by atoms with Crippen LogP contribution in [0.2, 0.25) is 0 Å². The second-order valence-corrected chi connectivity index (χ2v) is 8.29. The number of anilines is 2. The van der Waals surface area contributed by atoms with Gasteiger partial charge in [-0.25, -0.2) is 22.2 Å². The van der Waals surface area contributed by atoms with Crippen molar-refractivity contribution in [2.24, 2.45) is 0 Å². The van der Waals surface area contributed by atoms with Crippen molar-refractivity contribution in [1.29, 1.82) is 0 Å². The van der Waals surface area contributed by atoms with Gasteiger partial charge in [-0.15, -0.1) is 0 Å². The Labute approximate surface area is 166 Å². The zero-order chi connectivity index (χ0) is 21.2. The number of aromatic nitrogens is 2. The number of aryl methyl sites for hydroxylation is 1. The van der Waals surface area contributed by atoms with Gasteiger partial charge in [0, 0.05) is 11.6 Å². The maximum absolute atomic E-state index is 14.7. The van der Waals surface area contributed by atoms with E-state index in [1.165, 1.54) is 6.20 Å². The highest BCUT2D eigenvalue weighted by Crippen LogP contribution is 2.25. The maximum atomic E-state index is 14.7. The van der Waals surface area contributed by atoms with Crippen LogP contribution in [0, 0.1) is 11.6 Å². The van der Waals surface area contributed by atoms with Crippen molar-refractivity contribution in [2.75, 3.05) is 15.8 Å². The molecule has 1 aromatic carbocycles. The summed E-state index contributed by atoms with van der Waals surface area (Å²) in [5.41, 5.74) is 0.495. The fourth-order valence-corrected chi connectivity index (χ4v) is 4.07. The first-order chi connectivity index (χ1) is 13.8. The minimum absolute atomic E-state index is 0.229. The minimum Gasteiger partial charge on any atom is -0.346 e. The van der Waals surface area contributed by atoms with Crippen molar-refractivity contribution in [3.63, 3.8) is 0 Å². The van der Waals surface area contributed by atoms with Crippen molar-refractivity contribution < 1.29 is 22.0 Å². The SMILES string of the molecule is CCCS(=O)(=O)Nc1ccc(F)c(C(=O)Nc2cnc3[nH]cc(CC)c3c2)c1F. The van der Waals surface area contributed by atoms with Crippen molar-refractivity contribution in [1.82, 2.24) is 9.97 Å². The van der Waals surface area contributed by atoms with Crippen LogP contribution < -0.4 is 10.0 Å². The third-order valence-electron chi connectivity index (χ3n) is 4.31. The van der Waals surface area contributed by atoms with Crippen molar-refractivity contribution in [3.05, 3.63) is 53.4 Å². The Kier molecular flexibility index (Phi) is 5.83. The average Bonchev–Trinajstić information content (AvgIpc) is 3.06. The molecule has 3 aromatic rings. The number of rotatable bonds is 7. The van der Waals surface area contributed by atoms with Gasteiger partial charge in [-0.3, -0.25) is 9.52 Å². The Morgan fingerprint density at radius 3 is 2.69 bits per heavy atom. The van der Waals surface area contributed by atoms with Gasteiger partial charge in [-0.05, 0) is 36.6 Å². The number of fused-ring (bicyclic) bond motifs is 1. The Hall–Kier alpha value is -3.01. The van der Waals surface area contributed by atoms with E-state index in [1.807, 2.05) is 11.6 Å². The molecule has 29 heavy (non-hydrogen) atoms. The molecule has 0 spiro atoms. The van der Waals surface area contributed by atoms with Gasteiger partial charge < -0.3 is 10.3 Å². The molecule has 0 aliphatic carbocycles. The van der Waals surface area contributed by atoms with E-state index in [-0.39, 0.29) is 11.4 Å². The maximum Gasteiger partial charge on any atom is 0.261 e. The number of nitrogens with one attached hydrogen (secondary N) is 3. The summed E-state index contributed by atoms with van der Waals surface area (Å²) in [5.74, 6) is -3.67. The smallest absolute Gasteiger partial charge is 0.261 e. The fourth-order valence-electron chi connectivity index (χ4n) is 2.94. The molecule has 7 nitrogen and oxygen atoms in total. The number of amides is 1. The van der Waals surface area contributed by atoms with Crippen LogP contribution in [-0.4, -0.2) is 30.0 Å². The van der Waals surface area contributed by atoms with Gasteiger partial charge in [-0.1, -0.05) is 13.8 Å². The summed E-state index contributed by atoms with van der Waals surface area (Å²) in [4.78, 5) is 19.7. The molecule has 0 saturated carbocycles. The minimum atomic E-state index is -3.80. The molecule has 0 saturated heterocycles. The third kappa shape index (κ3) is 4.37. The Morgan fingerprint density at radius 1 is 1.24 bits per heavy atom. The van der Waals surface area contributed by atoms with Crippen LogP contribution in [0.3, 0.4) is 0 Å². The van der Waals surface area contributed by atoms with Gasteiger partial charge in [0.05, 0.1) is 23.3 Å². The first-order valence-electron chi connectivity index (χ1n) is 9.01. The molecular formula is C19H20F2N4O3S. The molecule has 3 N–H and O–H groups in total. The van der Waals surface area contributed by atoms with Crippen LogP contribution >= 0.6 is 0 Å². The molecule has 10 heteroatoms. The normalized spacial score (nSPS) is 11.6. The van der Waals surface area contributed by atoms with Crippen LogP contribution in [0.25, 0.3) is 11.0 Å². The molecule has 3 rings (SSSR count). The molecule has 154 valence electrons. The summed E-state index contributed by atoms with van der Waals surface area (Å²) in [6, 6.07) is 3.43.